The summed E-state index contributed by atoms with van der Waals surface area (Å²) in [4.78, 5) is 12.4. The lowest BCUT2D eigenvalue weighted by atomic mass is 10.3. The van der Waals surface area contributed by atoms with Crippen molar-refractivity contribution in [3.8, 4) is 11.8 Å². The lowest BCUT2D eigenvalue weighted by molar-refractivity contribution is -0.128. The summed E-state index contributed by atoms with van der Waals surface area (Å²) >= 11 is 0. The number of nitrogens with zero attached hydrogens (tertiary/aromatic N) is 1. The van der Waals surface area contributed by atoms with Crippen LogP contribution in [0.1, 0.15) is 13.3 Å². The molecule has 2 heteroatoms. The molecule has 48 valence electrons. The Hall–Kier alpha value is -0.970. The highest BCUT2D eigenvalue weighted by Gasteiger charge is 2.06. The van der Waals surface area contributed by atoms with Gasteiger partial charge >= 0.3 is 0 Å². The fraction of sp³-hybridized carbons (Fsp3) is 0.571. The molecule has 9 heavy (non-hydrogen) atoms. The summed E-state index contributed by atoms with van der Waals surface area (Å²) in [5, 5.41) is 0. The van der Waals surface area contributed by atoms with E-state index in [9.17, 15) is 4.79 Å². The minimum absolute atomic E-state index is 0.129. The Bertz CT molecular complexity index is 175. The van der Waals surface area contributed by atoms with E-state index in [4.69, 9.17) is 0 Å². The fourth-order valence-electron chi connectivity index (χ4n) is 0.778. The highest BCUT2D eigenvalue weighted by Crippen LogP contribution is 1.94. The summed E-state index contributed by atoms with van der Waals surface area (Å²) in [6.45, 7) is 3.00. The number of hydrogen-bond donors (Lipinski definition) is 0. The third kappa shape index (κ3) is 1.46. The highest BCUT2D eigenvalue weighted by molar-refractivity contribution is 5.73. The van der Waals surface area contributed by atoms with Gasteiger partial charge < -0.3 is 4.90 Å². The predicted molar refractivity (Wildman–Crippen MR) is 34.6 cm³/mol. The molecule has 1 rings (SSSR count). The number of amides is 1. The van der Waals surface area contributed by atoms with Crippen molar-refractivity contribution in [3.63, 3.8) is 0 Å². The molecule has 0 saturated heterocycles. The minimum Gasteiger partial charge on any atom is -0.331 e. The molecule has 0 aromatic carbocycles. The topological polar surface area (TPSA) is 20.3 Å². The van der Waals surface area contributed by atoms with Crippen LogP contribution in [0.25, 0.3) is 0 Å². The summed E-state index contributed by atoms with van der Waals surface area (Å²) in [6, 6.07) is 0. The third-order valence-electron chi connectivity index (χ3n) is 1.35. The van der Waals surface area contributed by atoms with E-state index in [0.29, 0.717) is 6.54 Å². The van der Waals surface area contributed by atoms with Gasteiger partial charge in [0.25, 0.3) is 0 Å². The van der Waals surface area contributed by atoms with Gasteiger partial charge in [0.2, 0.25) is 5.91 Å². The van der Waals surface area contributed by atoms with Crippen LogP contribution in [-0.2, 0) is 4.79 Å². The van der Waals surface area contributed by atoms with Crippen LogP contribution in [0.2, 0.25) is 0 Å². The SMILES string of the molecule is CC(=O)N1CC#CCC1. The van der Waals surface area contributed by atoms with Gasteiger partial charge in [0.15, 0.2) is 0 Å². The van der Waals surface area contributed by atoms with Crippen molar-refractivity contribution in [1.29, 1.82) is 0 Å². The molecule has 1 heterocycles. The number of hydrogen-bond acceptors (Lipinski definition) is 1. The maximum atomic E-state index is 10.7. The molecule has 0 N–H and O–H groups in total. The van der Waals surface area contributed by atoms with Gasteiger partial charge in [0.05, 0.1) is 6.54 Å². The summed E-state index contributed by atoms with van der Waals surface area (Å²) in [6.07, 6.45) is 0.833. The zero-order valence-electron chi connectivity index (χ0n) is 5.48. The lowest BCUT2D eigenvalue weighted by Gasteiger charge is -2.18. The second-order valence-corrected chi connectivity index (χ2v) is 2.04. The smallest absolute Gasteiger partial charge is 0.220 e. The van der Waals surface area contributed by atoms with Crippen LogP contribution in [0.3, 0.4) is 0 Å². The van der Waals surface area contributed by atoms with E-state index in [-0.39, 0.29) is 5.91 Å². The standard InChI is InChI=1S/C7H9NO/c1-7(9)8-5-3-2-4-6-8/h3,5-6H2,1H3. The van der Waals surface area contributed by atoms with Gasteiger partial charge in [-0.15, -0.1) is 0 Å². The van der Waals surface area contributed by atoms with E-state index in [1.54, 1.807) is 11.8 Å². The molecule has 0 radical (unpaired) electrons. The van der Waals surface area contributed by atoms with Crippen molar-refractivity contribution >= 4 is 5.91 Å². The number of rotatable bonds is 0. The molecule has 0 unspecified atom stereocenters. The third-order valence-corrected chi connectivity index (χ3v) is 1.35. The van der Waals surface area contributed by atoms with Crippen LogP contribution < -0.4 is 0 Å². The van der Waals surface area contributed by atoms with Gasteiger partial charge in [-0.25, -0.2) is 0 Å². The summed E-state index contributed by atoms with van der Waals surface area (Å²) in [5.74, 6) is 5.93. The molecular formula is C7H9NO. The molecule has 0 saturated carbocycles. The number of carbonyl (C=O) groups is 1. The van der Waals surface area contributed by atoms with Crippen LogP contribution in [0.15, 0.2) is 0 Å². The van der Waals surface area contributed by atoms with Crippen LogP contribution in [0.5, 0.6) is 0 Å². The van der Waals surface area contributed by atoms with Gasteiger partial charge in [-0.3, -0.25) is 4.79 Å². The number of carbonyl (C=O) groups excluding carboxylic acids is 1. The predicted octanol–water partition coefficient (Wildman–Crippen LogP) is 0.242. The first-order valence-corrected chi connectivity index (χ1v) is 3.02. The second kappa shape index (κ2) is 2.54. The van der Waals surface area contributed by atoms with Gasteiger partial charge in [-0.05, 0) is 0 Å². The first-order chi connectivity index (χ1) is 4.30. The zero-order valence-corrected chi connectivity index (χ0v) is 5.48. The average molecular weight is 123 g/mol. The van der Waals surface area contributed by atoms with Gasteiger partial charge in [0.1, 0.15) is 0 Å². The molecule has 2 nitrogen and oxygen atoms in total. The Balaban J connectivity index is 2.48. The molecular weight excluding hydrogens is 114 g/mol. The zero-order chi connectivity index (χ0) is 6.69. The molecule has 0 aromatic rings. The molecule has 1 aliphatic rings. The summed E-state index contributed by atoms with van der Waals surface area (Å²) in [7, 11) is 0. The van der Waals surface area contributed by atoms with E-state index in [1.165, 1.54) is 0 Å². The molecule has 0 bridgehead atoms. The maximum Gasteiger partial charge on any atom is 0.220 e. The largest absolute Gasteiger partial charge is 0.331 e. The Kier molecular flexibility index (Phi) is 1.74. The quantitative estimate of drug-likeness (QED) is 0.422. The molecule has 0 aliphatic carbocycles. The molecule has 1 aliphatic heterocycles. The molecule has 1 amide bonds. The first kappa shape index (κ1) is 6.15. The Morgan fingerprint density at radius 1 is 1.56 bits per heavy atom. The normalized spacial score (nSPS) is 16.3. The van der Waals surface area contributed by atoms with E-state index < -0.39 is 0 Å². The van der Waals surface area contributed by atoms with Crippen LogP contribution in [0.4, 0.5) is 0 Å². The summed E-state index contributed by atoms with van der Waals surface area (Å²) in [5.41, 5.74) is 0. The van der Waals surface area contributed by atoms with Crippen molar-refractivity contribution in [2.24, 2.45) is 0 Å². The molecule has 0 spiro atoms. The van der Waals surface area contributed by atoms with Crippen LogP contribution >= 0.6 is 0 Å². The van der Waals surface area contributed by atoms with Gasteiger partial charge in [-0.1, -0.05) is 11.8 Å². The van der Waals surface area contributed by atoms with Crippen molar-refractivity contribution in [1.82, 2.24) is 4.90 Å². The van der Waals surface area contributed by atoms with Crippen molar-refractivity contribution in [2.45, 2.75) is 13.3 Å². The van der Waals surface area contributed by atoms with E-state index in [2.05, 4.69) is 11.8 Å². The fourth-order valence-corrected chi connectivity index (χ4v) is 0.778. The Labute approximate surface area is 54.8 Å². The molecule has 0 atom stereocenters. The monoisotopic (exact) mass is 123 g/mol. The first-order valence-electron chi connectivity index (χ1n) is 3.02. The summed E-state index contributed by atoms with van der Waals surface area (Å²) < 4.78 is 0. The van der Waals surface area contributed by atoms with Gasteiger partial charge in [-0.2, -0.15) is 0 Å². The Morgan fingerprint density at radius 2 is 2.33 bits per heavy atom. The van der Waals surface area contributed by atoms with E-state index >= 15 is 0 Å². The minimum atomic E-state index is 0.129. The highest BCUT2D eigenvalue weighted by atomic mass is 16.2. The van der Waals surface area contributed by atoms with E-state index in [0.717, 1.165) is 13.0 Å². The second-order valence-electron chi connectivity index (χ2n) is 2.04. The molecule has 0 fully saturated rings. The Morgan fingerprint density at radius 3 is 2.67 bits per heavy atom. The van der Waals surface area contributed by atoms with Crippen LogP contribution in [0, 0.1) is 11.8 Å². The lowest BCUT2D eigenvalue weighted by Crippen LogP contribution is -2.31. The van der Waals surface area contributed by atoms with Crippen molar-refractivity contribution in [3.05, 3.63) is 0 Å². The van der Waals surface area contributed by atoms with Crippen molar-refractivity contribution < 1.29 is 4.79 Å². The van der Waals surface area contributed by atoms with Crippen molar-refractivity contribution in [2.75, 3.05) is 13.1 Å². The molecule has 0 aromatic heterocycles. The van der Waals surface area contributed by atoms with Crippen LogP contribution in [-0.4, -0.2) is 23.9 Å². The average Bonchev–Trinajstić information content (AvgIpc) is 1.90. The maximum absolute atomic E-state index is 10.7. The van der Waals surface area contributed by atoms with E-state index in [1.807, 2.05) is 0 Å². The van der Waals surface area contributed by atoms with Gasteiger partial charge in [0, 0.05) is 19.9 Å².